The highest BCUT2D eigenvalue weighted by Crippen LogP contribution is 2.40. The van der Waals surface area contributed by atoms with E-state index in [-0.39, 0.29) is 18.5 Å². The van der Waals surface area contributed by atoms with E-state index in [2.05, 4.69) is 10.3 Å². The van der Waals surface area contributed by atoms with Gasteiger partial charge in [0.25, 0.3) is 5.91 Å². The number of para-hydroxylation sites is 2. The van der Waals surface area contributed by atoms with Crippen LogP contribution in [-0.4, -0.2) is 38.4 Å². The second-order valence-corrected chi connectivity index (χ2v) is 9.06. The van der Waals surface area contributed by atoms with Gasteiger partial charge >= 0.3 is 5.97 Å². The summed E-state index contributed by atoms with van der Waals surface area (Å²) in [6.07, 6.45) is 5.83. The number of nitrogens with zero attached hydrogens (tertiary/aromatic N) is 1. The molecule has 182 valence electrons. The molecule has 0 radical (unpaired) electrons. The molecule has 0 unspecified atom stereocenters. The van der Waals surface area contributed by atoms with Crippen LogP contribution in [0.2, 0.25) is 0 Å². The molecule has 1 aromatic heterocycles. The van der Waals surface area contributed by atoms with Gasteiger partial charge in [-0.15, -0.1) is 11.3 Å². The number of nitrogens with one attached hydrogen (secondary N) is 1. The Morgan fingerprint density at radius 2 is 1.86 bits per heavy atom. The number of aryl methyl sites for hydroxylation is 1. The Balaban J connectivity index is 1.39. The lowest BCUT2D eigenvalue weighted by Gasteiger charge is -2.11. The predicted molar refractivity (Wildman–Crippen MR) is 138 cm³/mol. The van der Waals surface area contributed by atoms with Crippen molar-refractivity contribution in [3.63, 3.8) is 0 Å². The van der Waals surface area contributed by atoms with E-state index < -0.39 is 0 Å². The molecule has 0 fully saturated rings. The molecule has 4 rings (SSSR count). The van der Waals surface area contributed by atoms with Crippen molar-refractivity contribution >= 4 is 40.1 Å². The Kier molecular flexibility index (Phi) is 8.15. The molecule has 35 heavy (non-hydrogen) atoms. The molecule has 1 N–H and O–H groups in total. The smallest absolute Gasteiger partial charge is 0.341 e. The highest BCUT2D eigenvalue weighted by molar-refractivity contribution is 7.16. The van der Waals surface area contributed by atoms with Crippen LogP contribution in [0.15, 0.2) is 53.5 Å². The molecule has 0 saturated heterocycles. The molecule has 0 bridgehead atoms. The molecule has 1 amide bonds. The summed E-state index contributed by atoms with van der Waals surface area (Å²) in [5, 5.41) is 3.48. The summed E-state index contributed by atoms with van der Waals surface area (Å²) in [4.78, 5) is 30.7. The standard InChI is InChI=1S/C27H28N2O5S/c1-3-33-27(31)25-20-8-4-7-11-23(20)35-26(25)28-16-18-12-14-19(15-13-18)34-17-24(30)29-21-9-5-6-10-22(21)32-2/h5-6,9-10,12-16H,3-4,7-8,11,17H2,1-2H3,(H,29,30). The number of benzene rings is 2. The minimum Gasteiger partial charge on any atom is -0.495 e. The number of anilines is 1. The molecule has 0 saturated carbocycles. The zero-order valence-corrected chi connectivity index (χ0v) is 20.7. The lowest BCUT2D eigenvalue weighted by molar-refractivity contribution is -0.118. The van der Waals surface area contributed by atoms with Crippen LogP contribution in [0.25, 0.3) is 0 Å². The maximum absolute atomic E-state index is 12.6. The average molecular weight is 493 g/mol. The average Bonchev–Trinajstić information content (AvgIpc) is 3.26. The molecule has 3 aromatic rings. The lowest BCUT2D eigenvalue weighted by atomic mass is 9.95. The van der Waals surface area contributed by atoms with E-state index >= 15 is 0 Å². The molecule has 0 atom stereocenters. The molecule has 1 aliphatic carbocycles. The van der Waals surface area contributed by atoms with Gasteiger partial charge in [0.05, 0.1) is 25.0 Å². The van der Waals surface area contributed by atoms with E-state index in [1.807, 2.05) is 31.2 Å². The Hall–Kier alpha value is -3.65. The SMILES string of the molecule is CCOC(=O)c1c(N=Cc2ccc(OCC(=O)Nc3ccccc3OC)cc2)sc2c1CCCC2. The molecular weight excluding hydrogens is 464 g/mol. The molecule has 7 nitrogen and oxygen atoms in total. The normalized spacial score (nSPS) is 12.7. The molecule has 1 aliphatic rings. The molecule has 2 aromatic carbocycles. The van der Waals surface area contributed by atoms with Crippen molar-refractivity contribution in [3.8, 4) is 11.5 Å². The van der Waals surface area contributed by atoms with Crippen LogP contribution in [0.5, 0.6) is 11.5 Å². The van der Waals surface area contributed by atoms with Crippen LogP contribution in [0, 0.1) is 0 Å². The Labute approximate surface area is 208 Å². The van der Waals surface area contributed by atoms with Gasteiger partial charge in [-0.05, 0) is 80.1 Å². The van der Waals surface area contributed by atoms with E-state index in [9.17, 15) is 9.59 Å². The van der Waals surface area contributed by atoms with Crippen LogP contribution in [0.3, 0.4) is 0 Å². The monoisotopic (exact) mass is 492 g/mol. The minimum atomic E-state index is -0.297. The van der Waals surface area contributed by atoms with Crippen molar-refractivity contribution < 1.29 is 23.8 Å². The number of carbonyl (C=O) groups is 2. The fourth-order valence-electron chi connectivity index (χ4n) is 3.92. The fourth-order valence-corrected chi connectivity index (χ4v) is 5.14. The second kappa shape index (κ2) is 11.7. The van der Waals surface area contributed by atoms with Crippen molar-refractivity contribution in [1.82, 2.24) is 0 Å². The highest BCUT2D eigenvalue weighted by Gasteiger charge is 2.26. The van der Waals surface area contributed by atoms with Crippen LogP contribution >= 0.6 is 11.3 Å². The third-order valence-electron chi connectivity index (χ3n) is 5.59. The number of ether oxygens (including phenoxy) is 3. The molecular formula is C27H28N2O5S. The molecule has 0 spiro atoms. The topological polar surface area (TPSA) is 86.2 Å². The van der Waals surface area contributed by atoms with Crippen molar-refractivity contribution in [2.24, 2.45) is 4.99 Å². The lowest BCUT2D eigenvalue weighted by Crippen LogP contribution is -2.20. The van der Waals surface area contributed by atoms with Crippen molar-refractivity contribution in [2.45, 2.75) is 32.6 Å². The van der Waals surface area contributed by atoms with E-state index in [1.165, 1.54) is 4.88 Å². The third-order valence-corrected chi connectivity index (χ3v) is 6.79. The van der Waals surface area contributed by atoms with E-state index in [1.54, 1.807) is 48.9 Å². The Morgan fingerprint density at radius 3 is 2.63 bits per heavy atom. The van der Waals surface area contributed by atoms with E-state index in [0.29, 0.717) is 34.4 Å². The first-order valence-corrected chi connectivity index (χ1v) is 12.4. The predicted octanol–water partition coefficient (Wildman–Crippen LogP) is 5.58. The van der Waals surface area contributed by atoms with Gasteiger partial charge in [-0.1, -0.05) is 12.1 Å². The summed E-state index contributed by atoms with van der Waals surface area (Å²) in [7, 11) is 1.55. The first-order valence-electron chi connectivity index (χ1n) is 11.6. The van der Waals surface area contributed by atoms with Gasteiger partial charge in [-0.2, -0.15) is 0 Å². The summed E-state index contributed by atoms with van der Waals surface area (Å²) < 4.78 is 16.1. The number of hydrogen-bond acceptors (Lipinski definition) is 7. The molecule has 1 heterocycles. The van der Waals surface area contributed by atoms with Crippen LogP contribution in [-0.2, 0) is 22.4 Å². The summed E-state index contributed by atoms with van der Waals surface area (Å²) in [5.74, 6) is 0.570. The summed E-state index contributed by atoms with van der Waals surface area (Å²) in [6, 6.07) is 14.5. The van der Waals surface area contributed by atoms with Crippen molar-refractivity contribution in [2.75, 3.05) is 25.6 Å². The van der Waals surface area contributed by atoms with Gasteiger partial charge < -0.3 is 19.5 Å². The highest BCUT2D eigenvalue weighted by atomic mass is 32.1. The van der Waals surface area contributed by atoms with Gasteiger partial charge in [0.2, 0.25) is 0 Å². The van der Waals surface area contributed by atoms with Crippen LogP contribution < -0.4 is 14.8 Å². The quantitative estimate of drug-likeness (QED) is 0.311. The maximum Gasteiger partial charge on any atom is 0.341 e. The number of esters is 1. The third kappa shape index (κ3) is 6.08. The van der Waals surface area contributed by atoms with Crippen LogP contribution in [0.1, 0.15) is 46.1 Å². The summed E-state index contributed by atoms with van der Waals surface area (Å²) in [5.41, 5.74) is 3.16. The van der Waals surface area contributed by atoms with Gasteiger partial charge in [0.1, 0.15) is 16.5 Å². The summed E-state index contributed by atoms with van der Waals surface area (Å²) in [6.45, 7) is 2.02. The molecule has 0 aliphatic heterocycles. The maximum atomic E-state index is 12.6. The van der Waals surface area contributed by atoms with Crippen molar-refractivity contribution in [3.05, 3.63) is 70.1 Å². The largest absolute Gasteiger partial charge is 0.495 e. The zero-order chi connectivity index (χ0) is 24.6. The number of methoxy groups -OCH3 is 1. The van der Waals surface area contributed by atoms with Gasteiger partial charge in [-0.25, -0.2) is 9.79 Å². The Bertz CT molecular complexity index is 1220. The van der Waals surface area contributed by atoms with E-state index in [4.69, 9.17) is 14.2 Å². The number of carbonyl (C=O) groups excluding carboxylic acids is 2. The van der Waals surface area contributed by atoms with Gasteiger partial charge in [0.15, 0.2) is 6.61 Å². The number of thiophene rings is 1. The fraction of sp³-hybridized carbons (Fsp3) is 0.296. The Morgan fingerprint density at radius 1 is 1.09 bits per heavy atom. The number of amides is 1. The van der Waals surface area contributed by atoms with E-state index in [0.717, 1.165) is 36.8 Å². The number of fused-ring (bicyclic) bond motifs is 1. The number of aliphatic imine (C=N–C) groups is 1. The van der Waals surface area contributed by atoms with Crippen LogP contribution in [0.4, 0.5) is 10.7 Å². The van der Waals surface area contributed by atoms with Crippen molar-refractivity contribution in [1.29, 1.82) is 0 Å². The summed E-state index contributed by atoms with van der Waals surface area (Å²) >= 11 is 1.58. The number of rotatable bonds is 9. The number of hydrogen-bond donors (Lipinski definition) is 1. The first kappa shape index (κ1) is 24.5. The van der Waals surface area contributed by atoms with Gasteiger partial charge in [-0.3, -0.25) is 4.79 Å². The second-order valence-electron chi connectivity index (χ2n) is 7.98. The van der Waals surface area contributed by atoms with Gasteiger partial charge in [0, 0.05) is 11.1 Å². The molecule has 8 heteroatoms. The zero-order valence-electron chi connectivity index (χ0n) is 19.8. The minimum absolute atomic E-state index is 0.130. The first-order chi connectivity index (χ1) is 17.1.